The molecule has 0 spiro atoms. The van der Waals surface area contributed by atoms with E-state index in [4.69, 9.17) is 0 Å². The number of benzene rings is 1. The average Bonchev–Trinajstić information content (AvgIpc) is 2.40. The first-order valence-electron chi connectivity index (χ1n) is 7.26. The second-order valence-corrected chi connectivity index (χ2v) is 5.66. The second kappa shape index (κ2) is 5.22. The van der Waals surface area contributed by atoms with Gasteiger partial charge in [0.25, 0.3) is 0 Å². The molecule has 1 saturated heterocycles. The highest BCUT2D eigenvalue weighted by Crippen LogP contribution is 2.23. The Morgan fingerprint density at radius 2 is 1.88 bits per heavy atom. The molecule has 1 aliphatic carbocycles. The van der Waals surface area contributed by atoms with E-state index in [2.05, 4.69) is 23.5 Å². The van der Waals surface area contributed by atoms with Crippen molar-refractivity contribution < 1.29 is 0 Å². The van der Waals surface area contributed by atoms with Crippen LogP contribution in [0.4, 0.5) is 0 Å². The number of hydrogen-bond acceptors (Lipinski definition) is 1. The first-order valence-corrected chi connectivity index (χ1v) is 7.26. The van der Waals surface area contributed by atoms with Crippen molar-refractivity contribution in [2.24, 2.45) is 0 Å². The summed E-state index contributed by atoms with van der Waals surface area (Å²) in [6, 6.07) is 7.95. The highest BCUT2D eigenvalue weighted by molar-refractivity contribution is 5.34. The van der Waals surface area contributed by atoms with E-state index in [1.54, 1.807) is 16.7 Å². The lowest BCUT2D eigenvalue weighted by Crippen LogP contribution is -2.35. The Hall–Kier alpha value is -0.820. The van der Waals surface area contributed by atoms with Crippen LogP contribution >= 0.6 is 0 Å². The monoisotopic (exact) mass is 229 g/mol. The van der Waals surface area contributed by atoms with Crippen LogP contribution in [0.15, 0.2) is 18.2 Å². The lowest BCUT2D eigenvalue weighted by molar-refractivity contribution is 0.399. The summed E-state index contributed by atoms with van der Waals surface area (Å²) in [7, 11) is 0. The van der Waals surface area contributed by atoms with Gasteiger partial charge in [0, 0.05) is 6.04 Å². The number of nitrogens with one attached hydrogen (secondary N) is 1. The Labute approximate surface area is 105 Å². The smallest absolute Gasteiger partial charge is 0.0107 e. The topological polar surface area (TPSA) is 12.0 Å². The molecule has 1 aromatic carbocycles. The first kappa shape index (κ1) is 11.3. The molecule has 0 saturated carbocycles. The van der Waals surface area contributed by atoms with E-state index in [1.807, 2.05) is 0 Å². The predicted molar refractivity (Wildman–Crippen MR) is 72.4 cm³/mol. The van der Waals surface area contributed by atoms with Crippen molar-refractivity contribution in [3.63, 3.8) is 0 Å². The Kier molecular flexibility index (Phi) is 3.46. The van der Waals surface area contributed by atoms with E-state index in [-0.39, 0.29) is 0 Å². The van der Waals surface area contributed by atoms with Gasteiger partial charge in [-0.2, -0.15) is 0 Å². The van der Waals surface area contributed by atoms with Crippen LogP contribution in [-0.2, 0) is 19.3 Å². The first-order chi connectivity index (χ1) is 8.42. The van der Waals surface area contributed by atoms with Crippen LogP contribution in [0, 0.1) is 0 Å². The summed E-state index contributed by atoms with van der Waals surface area (Å²) >= 11 is 0. The number of hydrogen-bond donors (Lipinski definition) is 1. The number of piperidine rings is 1. The van der Waals surface area contributed by atoms with Gasteiger partial charge >= 0.3 is 0 Å². The molecule has 1 N–H and O–H groups in total. The number of fused-ring (bicyclic) bond motifs is 1. The zero-order valence-electron chi connectivity index (χ0n) is 10.7. The van der Waals surface area contributed by atoms with E-state index in [1.165, 1.54) is 57.9 Å². The maximum absolute atomic E-state index is 3.65. The summed E-state index contributed by atoms with van der Waals surface area (Å²) in [5.41, 5.74) is 4.78. The van der Waals surface area contributed by atoms with Crippen molar-refractivity contribution in [2.45, 2.75) is 57.4 Å². The fraction of sp³-hybridized carbons (Fsp3) is 0.625. The van der Waals surface area contributed by atoms with E-state index < -0.39 is 0 Å². The van der Waals surface area contributed by atoms with Crippen LogP contribution in [0.1, 0.15) is 48.8 Å². The normalized spacial score (nSPS) is 24.4. The highest BCUT2D eigenvalue weighted by Gasteiger charge is 2.14. The Morgan fingerprint density at radius 1 is 1.00 bits per heavy atom. The second-order valence-electron chi connectivity index (χ2n) is 5.66. The minimum atomic E-state index is 0.727. The summed E-state index contributed by atoms with van der Waals surface area (Å²) in [6.45, 7) is 1.22. The Balaban J connectivity index is 1.70. The van der Waals surface area contributed by atoms with Crippen LogP contribution < -0.4 is 5.32 Å². The molecular formula is C16H23N. The molecule has 1 fully saturated rings. The maximum atomic E-state index is 3.65. The van der Waals surface area contributed by atoms with Crippen molar-refractivity contribution in [1.29, 1.82) is 0 Å². The van der Waals surface area contributed by atoms with E-state index in [9.17, 15) is 0 Å². The van der Waals surface area contributed by atoms with Crippen molar-refractivity contribution >= 4 is 0 Å². The molecule has 1 heteroatoms. The van der Waals surface area contributed by atoms with E-state index >= 15 is 0 Å². The summed E-state index contributed by atoms with van der Waals surface area (Å²) < 4.78 is 0. The van der Waals surface area contributed by atoms with Gasteiger partial charge in [-0.1, -0.05) is 24.6 Å². The van der Waals surface area contributed by atoms with Gasteiger partial charge in [0.2, 0.25) is 0 Å². The molecular weight excluding hydrogens is 206 g/mol. The SMILES string of the molecule is c1cc2c(cc1CC1CCCCN1)CCCC2. The Bertz CT molecular complexity index is 377. The van der Waals surface area contributed by atoms with Gasteiger partial charge in [-0.3, -0.25) is 0 Å². The largest absolute Gasteiger partial charge is 0.314 e. The molecule has 2 aliphatic rings. The molecule has 0 radical (unpaired) electrons. The fourth-order valence-electron chi connectivity index (χ4n) is 3.30. The average molecular weight is 229 g/mol. The molecule has 0 amide bonds. The van der Waals surface area contributed by atoms with Gasteiger partial charge in [-0.15, -0.1) is 0 Å². The lowest BCUT2D eigenvalue weighted by atomic mass is 9.88. The molecule has 1 atom stereocenters. The van der Waals surface area contributed by atoms with Crippen LogP contribution in [0.5, 0.6) is 0 Å². The van der Waals surface area contributed by atoms with Gasteiger partial charge < -0.3 is 5.32 Å². The summed E-state index contributed by atoms with van der Waals surface area (Å²) in [5, 5.41) is 3.65. The van der Waals surface area contributed by atoms with E-state index in [0.29, 0.717) is 0 Å². The zero-order valence-corrected chi connectivity index (χ0v) is 10.7. The Morgan fingerprint density at radius 3 is 2.71 bits per heavy atom. The molecule has 17 heavy (non-hydrogen) atoms. The van der Waals surface area contributed by atoms with Crippen LogP contribution in [0.2, 0.25) is 0 Å². The predicted octanol–water partition coefficient (Wildman–Crippen LogP) is 3.25. The minimum absolute atomic E-state index is 0.727. The number of rotatable bonds is 2. The molecule has 1 heterocycles. The fourth-order valence-corrected chi connectivity index (χ4v) is 3.30. The van der Waals surface area contributed by atoms with Gasteiger partial charge in [-0.05, 0) is 68.2 Å². The summed E-state index contributed by atoms with van der Waals surface area (Å²) in [4.78, 5) is 0. The molecule has 1 aromatic rings. The quantitative estimate of drug-likeness (QED) is 0.821. The molecule has 1 aliphatic heterocycles. The van der Waals surface area contributed by atoms with Gasteiger partial charge in [0.15, 0.2) is 0 Å². The highest BCUT2D eigenvalue weighted by atomic mass is 14.9. The van der Waals surface area contributed by atoms with Crippen molar-refractivity contribution in [3.8, 4) is 0 Å². The third-order valence-corrected chi connectivity index (χ3v) is 4.31. The molecule has 3 rings (SSSR count). The summed E-state index contributed by atoms with van der Waals surface area (Å²) in [5.74, 6) is 0. The number of aryl methyl sites for hydroxylation is 2. The van der Waals surface area contributed by atoms with Gasteiger partial charge in [-0.25, -0.2) is 0 Å². The molecule has 0 bridgehead atoms. The van der Waals surface area contributed by atoms with Crippen LogP contribution in [0.3, 0.4) is 0 Å². The van der Waals surface area contributed by atoms with Crippen LogP contribution in [0.25, 0.3) is 0 Å². The van der Waals surface area contributed by atoms with Crippen molar-refractivity contribution in [3.05, 3.63) is 34.9 Å². The van der Waals surface area contributed by atoms with Gasteiger partial charge in [0.1, 0.15) is 0 Å². The molecule has 92 valence electrons. The lowest BCUT2D eigenvalue weighted by Gasteiger charge is -2.24. The van der Waals surface area contributed by atoms with Gasteiger partial charge in [0.05, 0.1) is 0 Å². The summed E-state index contributed by atoms with van der Waals surface area (Å²) in [6.07, 6.45) is 10.7. The third kappa shape index (κ3) is 2.71. The zero-order chi connectivity index (χ0) is 11.5. The van der Waals surface area contributed by atoms with Crippen molar-refractivity contribution in [2.75, 3.05) is 6.54 Å². The maximum Gasteiger partial charge on any atom is 0.0107 e. The molecule has 1 nitrogen and oxygen atoms in total. The minimum Gasteiger partial charge on any atom is -0.314 e. The standard InChI is InChI=1S/C16H23N/c1-2-6-15-11-13(8-9-14(15)5-1)12-16-7-3-4-10-17-16/h8-9,11,16-17H,1-7,10,12H2. The van der Waals surface area contributed by atoms with E-state index in [0.717, 1.165) is 6.04 Å². The van der Waals surface area contributed by atoms with Crippen LogP contribution in [-0.4, -0.2) is 12.6 Å². The molecule has 1 unspecified atom stereocenters. The third-order valence-electron chi connectivity index (χ3n) is 4.31. The van der Waals surface area contributed by atoms with Crippen molar-refractivity contribution in [1.82, 2.24) is 5.32 Å². The molecule has 0 aromatic heterocycles.